The molecule has 4 aromatic rings. The molecule has 0 aliphatic carbocycles. The number of nitrogens with zero attached hydrogens (tertiary/aromatic N) is 2. The lowest BCUT2D eigenvalue weighted by atomic mass is 9.93. The number of hydrogen-bond acceptors (Lipinski definition) is 8. The van der Waals surface area contributed by atoms with Crippen molar-refractivity contribution in [3.05, 3.63) is 107 Å². The summed E-state index contributed by atoms with van der Waals surface area (Å²) in [4.78, 5) is 84.0. The summed E-state index contributed by atoms with van der Waals surface area (Å²) in [5.74, 6) is -4.70. The standard InChI is InChI=1S/C47H54N6O9/c1-4-5-28-6-9-31(10-7-28)32-11-13-33(14-12-32)44(58)49-21-19-41(56)53-26-30(18-20-48)24-38(53)46(60)52(3)42-34-15-17-40(55)36(25-34)35-22-29(8-16-39(35)54)23-37(47(61)62)51-43(57)27(2)50-45(42)59/h6-17,22,25,27,30,37-38,42,54-55H,4-5,18-21,23-24,26,48H2,1-3H3,(H,49,58)(H,50,59)(H,51,57)(H,61,62)/p+1/t27-,30?,37-,38-,42-/m0/s1. The zero-order valence-corrected chi connectivity index (χ0v) is 35.2. The molecule has 2 aliphatic rings. The summed E-state index contributed by atoms with van der Waals surface area (Å²) < 4.78 is 0. The number of benzene rings is 4. The van der Waals surface area contributed by atoms with E-state index in [1.165, 1.54) is 65.7 Å². The third kappa shape index (κ3) is 10.2. The van der Waals surface area contributed by atoms with E-state index in [4.69, 9.17) is 0 Å². The predicted octanol–water partition coefficient (Wildman–Crippen LogP) is 3.18. The van der Waals surface area contributed by atoms with E-state index in [1.54, 1.807) is 12.1 Å². The van der Waals surface area contributed by atoms with Crippen LogP contribution in [0, 0.1) is 5.92 Å². The van der Waals surface area contributed by atoms with Gasteiger partial charge in [0.2, 0.25) is 23.6 Å². The van der Waals surface area contributed by atoms with E-state index in [0.29, 0.717) is 30.5 Å². The molecule has 4 aromatic carbocycles. The molecule has 5 amide bonds. The number of hydrogen-bond donors (Lipinski definition) is 7. The first-order valence-electron chi connectivity index (χ1n) is 21.0. The van der Waals surface area contributed by atoms with Crippen molar-refractivity contribution in [1.29, 1.82) is 0 Å². The molecule has 2 heterocycles. The summed E-state index contributed by atoms with van der Waals surface area (Å²) in [6.07, 6.45) is 2.78. The number of nitrogens with one attached hydrogen (secondary N) is 3. The Morgan fingerprint density at radius 1 is 0.871 bits per heavy atom. The Morgan fingerprint density at radius 3 is 2.16 bits per heavy atom. The summed E-state index contributed by atoms with van der Waals surface area (Å²) in [7, 11) is 1.41. The van der Waals surface area contributed by atoms with E-state index >= 15 is 0 Å². The van der Waals surface area contributed by atoms with Gasteiger partial charge in [0.1, 0.15) is 35.7 Å². The van der Waals surface area contributed by atoms with Gasteiger partial charge in [-0.15, -0.1) is 0 Å². The topological polar surface area (TPSA) is 233 Å². The van der Waals surface area contributed by atoms with Crippen LogP contribution < -0.4 is 21.7 Å². The summed E-state index contributed by atoms with van der Waals surface area (Å²) in [6.45, 7) is 4.38. The molecular formula is C47H55N6O9+. The molecule has 6 rings (SSSR count). The number of quaternary nitrogens is 1. The fourth-order valence-corrected chi connectivity index (χ4v) is 8.29. The minimum absolute atomic E-state index is 0.0175. The highest BCUT2D eigenvalue weighted by Crippen LogP contribution is 2.39. The van der Waals surface area contributed by atoms with Crippen LogP contribution in [0.2, 0.25) is 0 Å². The molecule has 1 saturated heterocycles. The molecule has 326 valence electrons. The number of likely N-dealkylation sites (tertiary alicyclic amines) is 1. The van der Waals surface area contributed by atoms with E-state index < -0.39 is 47.9 Å². The largest absolute Gasteiger partial charge is 0.507 e. The number of carbonyl (C=O) groups is 6. The quantitative estimate of drug-likeness (QED) is 0.111. The lowest BCUT2D eigenvalue weighted by molar-refractivity contribution is -0.370. The Morgan fingerprint density at radius 2 is 1.52 bits per heavy atom. The third-order valence-electron chi connectivity index (χ3n) is 11.7. The number of aromatic hydroxyl groups is 2. The molecule has 5 atom stereocenters. The van der Waals surface area contributed by atoms with Gasteiger partial charge in [-0.05, 0) is 89.9 Å². The molecular weight excluding hydrogens is 793 g/mol. The van der Waals surface area contributed by atoms with Gasteiger partial charge in [-0.25, -0.2) is 4.79 Å². The maximum absolute atomic E-state index is 14.6. The van der Waals surface area contributed by atoms with Crippen molar-refractivity contribution in [1.82, 2.24) is 25.8 Å². The first-order chi connectivity index (χ1) is 29.7. The number of amides is 5. The Kier molecular flexibility index (Phi) is 14.3. The highest BCUT2D eigenvalue weighted by molar-refractivity contribution is 5.97. The van der Waals surface area contributed by atoms with Crippen LogP contribution in [-0.4, -0.2) is 105 Å². The van der Waals surface area contributed by atoms with Crippen LogP contribution in [0.4, 0.5) is 0 Å². The van der Waals surface area contributed by atoms with Gasteiger partial charge < -0.3 is 46.8 Å². The van der Waals surface area contributed by atoms with Crippen LogP contribution in [0.3, 0.4) is 0 Å². The zero-order valence-electron chi connectivity index (χ0n) is 35.2. The molecule has 0 radical (unpaired) electrons. The Hall–Kier alpha value is -6.74. The van der Waals surface area contributed by atoms with Crippen LogP contribution in [0.1, 0.15) is 72.6 Å². The number of fused-ring (bicyclic) bond motifs is 5. The summed E-state index contributed by atoms with van der Waals surface area (Å²) in [5.41, 5.74) is 8.60. The van der Waals surface area contributed by atoms with Crippen LogP contribution >= 0.6 is 0 Å². The highest BCUT2D eigenvalue weighted by Gasteiger charge is 2.43. The molecule has 0 spiro atoms. The first kappa shape index (κ1) is 44.8. The summed E-state index contributed by atoms with van der Waals surface area (Å²) in [6, 6.07) is 19.1. The van der Waals surface area contributed by atoms with Crippen molar-refractivity contribution in [3.8, 4) is 33.8 Å². The van der Waals surface area contributed by atoms with Crippen LogP contribution in [-0.2, 0) is 36.8 Å². The number of aliphatic carboxylic acids is 1. The van der Waals surface area contributed by atoms with Gasteiger partial charge >= 0.3 is 5.97 Å². The molecule has 1 fully saturated rings. The number of rotatable bonds is 12. The van der Waals surface area contributed by atoms with Gasteiger partial charge in [-0.3, -0.25) is 24.0 Å². The van der Waals surface area contributed by atoms with Gasteiger partial charge in [0.25, 0.3) is 5.91 Å². The summed E-state index contributed by atoms with van der Waals surface area (Å²) >= 11 is 0. The van der Waals surface area contributed by atoms with E-state index in [2.05, 4.69) is 52.9 Å². The number of likely N-dealkylation sites (N-methyl/N-ethyl adjacent to an activating group) is 1. The van der Waals surface area contributed by atoms with Crippen molar-refractivity contribution in [2.75, 3.05) is 26.7 Å². The maximum atomic E-state index is 14.6. The van der Waals surface area contributed by atoms with Crippen LogP contribution in [0.25, 0.3) is 22.3 Å². The number of phenolic OH excluding ortho intramolecular Hbond substituents is 2. The molecule has 2 aliphatic heterocycles. The van der Waals surface area contributed by atoms with E-state index in [-0.39, 0.29) is 71.9 Å². The first-order valence-corrected chi connectivity index (χ1v) is 21.0. The minimum atomic E-state index is -1.41. The number of aryl methyl sites for hydroxylation is 1. The van der Waals surface area contributed by atoms with Crippen molar-refractivity contribution in [2.24, 2.45) is 5.92 Å². The Balaban J connectivity index is 1.21. The zero-order chi connectivity index (χ0) is 44.7. The number of carbonyl (C=O) groups excluding carboxylic acids is 5. The molecule has 1 unspecified atom stereocenters. The van der Waals surface area contributed by atoms with Crippen molar-refractivity contribution >= 4 is 35.5 Å². The molecule has 4 bridgehead atoms. The predicted molar refractivity (Wildman–Crippen MR) is 230 cm³/mol. The van der Waals surface area contributed by atoms with Gasteiger partial charge in [0.15, 0.2) is 0 Å². The number of carboxylic acid groups (broad SMARTS) is 1. The SMILES string of the molecule is CCCc1ccc(-c2ccc(C(=O)NCCC(=O)N3CC(CC[NH3+])C[C@H]3C(=O)N(C)[C@@H]3C(=O)N[C@@H](C)C(=O)N[C@H](C(=O)O)Cc4ccc(O)c(c4)-c4cc3ccc4O)cc2)cc1. The lowest BCUT2D eigenvalue weighted by Crippen LogP contribution is -2.54. The molecule has 9 N–H and O–H groups in total. The van der Waals surface area contributed by atoms with Gasteiger partial charge in [-0.2, -0.15) is 0 Å². The highest BCUT2D eigenvalue weighted by atomic mass is 16.4. The molecule has 62 heavy (non-hydrogen) atoms. The third-order valence-corrected chi connectivity index (χ3v) is 11.7. The molecule has 0 saturated carbocycles. The monoisotopic (exact) mass is 847 g/mol. The fraction of sp³-hybridized carbons (Fsp3) is 0.362. The van der Waals surface area contributed by atoms with Crippen molar-refractivity contribution in [2.45, 2.75) is 76.5 Å². The normalized spacial score (nSPS) is 20.1. The van der Waals surface area contributed by atoms with Crippen molar-refractivity contribution in [3.63, 3.8) is 0 Å². The second kappa shape index (κ2) is 19.8. The minimum Gasteiger partial charge on any atom is -0.507 e. The van der Waals surface area contributed by atoms with E-state index in [1.807, 2.05) is 12.1 Å². The average molecular weight is 848 g/mol. The van der Waals surface area contributed by atoms with Gasteiger partial charge in [0.05, 0.1) is 6.54 Å². The number of carboxylic acids is 1. The van der Waals surface area contributed by atoms with Gasteiger partial charge in [0, 0.05) is 56.1 Å². The Bertz CT molecular complexity index is 2320. The van der Waals surface area contributed by atoms with E-state index in [0.717, 1.165) is 24.0 Å². The fourth-order valence-electron chi connectivity index (χ4n) is 8.29. The number of phenols is 2. The van der Waals surface area contributed by atoms with Crippen LogP contribution in [0.5, 0.6) is 11.5 Å². The smallest absolute Gasteiger partial charge is 0.326 e. The summed E-state index contributed by atoms with van der Waals surface area (Å²) in [5, 5.41) is 39.7. The molecule has 0 aromatic heterocycles. The molecule has 15 heteroatoms. The Labute approximate surface area is 360 Å². The average Bonchev–Trinajstić information content (AvgIpc) is 3.68. The van der Waals surface area contributed by atoms with Crippen LogP contribution in [0.15, 0.2) is 84.9 Å². The molecule has 15 nitrogen and oxygen atoms in total. The van der Waals surface area contributed by atoms with Crippen molar-refractivity contribution < 1.29 is 49.8 Å². The second-order valence-electron chi connectivity index (χ2n) is 16.1. The lowest BCUT2D eigenvalue weighted by Gasteiger charge is -2.33. The van der Waals surface area contributed by atoms with Gasteiger partial charge in [-0.1, -0.05) is 61.9 Å². The second-order valence-corrected chi connectivity index (χ2v) is 16.1. The maximum Gasteiger partial charge on any atom is 0.326 e. The van der Waals surface area contributed by atoms with E-state index in [9.17, 15) is 44.1 Å².